The zero-order chi connectivity index (χ0) is 10.8. The summed E-state index contributed by atoms with van der Waals surface area (Å²) in [5.74, 6) is -0.0269. The first-order chi connectivity index (χ1) is 6.56. The molecule has 4 nitrogen and oxygen atoms in total. The van der Waals surface area contributed by atoms with Gasteiger partial charge in [0, 0.05) is 13.1 Å². The molecule has 14 heavy (non-hydrogen) atoms. The summed E-state index contributed by atoms with van der Waals surface area (Å²) in [6.45, 7) is 7.15. The van der Waals surface area contributed by atoms with Gasteiger partial charge in [-0.05, 0) is 19.5 Å². The van der Waals surface area contributed by atoms with Crippen LogP contribution in [0.1, 0.15) is 13.3 Å². The summed E-state index contributed by atoms with van der Waals surface area (Å²) < 4.78 is 0. The molecule has 0 spiro atoms. The second-order valence-corrected chi connectivity index (χ2v) is 3.76. The molecule has 4 heteroatoms. The van der Waals surface area contributed by atoms with E-state index in [1.807, 2.05) is 18.9 Å². The molecule has 1 aliphatic heterocycles. The van der Waals surface area contributed by atoms with Crippen LogP contribution in [-0.2, 0) is 4.79 Å². The van der Waals surface area contributed by atoms with E-state index in [0.717, 1.165) is 19.5 Å². The van der Waals surface area contributed by atoms with Crippen molar-refractivity contribution in [2.45, 2.75) is 25.0 Å². The predicted octanol–water partition coefficient (Wildman–Crippen LogP) is -0.290. The average molecular weight is 197 g/mol. The van der Waals surface area contributed by atoms with Gasteiger partial charge in [-0.1, -0.05) is 13.5 Å². The fourth-order valence-corrected chi connectivity index (χ4v) is 1.92. The second-order valence-electron chi connectivity index (χ2n) is 3.76. The maximum atomic E-state index is 11.6. The molecule has 3 N–H and O–H groups in total. The first kappa shape index (κ1) is 11.4. The van der Waals surface area contributed by atoms with Crippen LogP contribution in [0.2, 0.25) is 0 Å². The van der Waals surface area contributed by atoms with Gasteiger partial charge in [-0.25, -0.2) is 0 Å². The Hall–Kier alpha value is -0.710. The van der Waals surface area contributed by atoms with Gasteiger partial charge in [0.2, 0.25) is 0 Å². The van der Waals surface area contributed by atoms with E-state index >= 15 is 0 Å². The Morgan fingerprint density at radius 2 is 2.50 bits per heavy atom. The molecule has 0 aromatic heterocycles. The van der Waals surface area contributed by atoms with Crippen LogP contribution in [0.15, 0.2) is 12.7 Å². The first-order valence-corrected chi connectivity index (χ1v) is 4.96. The van der Waals surface area contributed by atoms with Gasteiger partial charge in [0.1, 0.15) is 6.04 Å². The minimum Gasteiger partial charge on any atom is -0.311 e. The van der Waals surface area contributed by atoms with Crippen LogP contribution in [0, 0.1) is 0 Å². The van der Waals surface area contributed by atoms with Crippen molar-refractivity contribution >= 4 is 5.78 Å². The molecule has 1 fully saturated rings. The molecule has 2 unspecified atom stereocenters. The van der Waals surface area contributed by atoms with Gasteiger partial charge < -0.3 is 11.1 Å². The molecule has 2 atom stereocenters. The highest BCUT2D eigenvalue weighted by Crippen LogP contribution is 2.20. The van der Waals surface area contributed by atoms with Crippen LogP contribution in [0.25, 0.3) is 0 Å². The Morgan fingerprint density at radius 1 is 1.86 bits per heavy atom. The van der Waals surface area contributed by atoms with Crippen LogP contribution in [0.5, 0.6) is 0 Å². The highest BCUT2D eigenvalue weighted by molar-refractivity contribution is 5.95. The van der Waals surface area contributed by atoms with Gasteiger partial charge in [0.15, 0.2) is 5.78 Å². The number of nitrogens with one attached hydrogen (secondary N) is 1. The maximum absolute atomic E-state index is 11.6. The third-order valence-electron chi connectivity index (χ3n) is 3.06. The quantitative estimate of drug-likeness (QED) is 0.610. The third kappa shape index (κ3) is 1.73. The summed E-state index contributed by atoms with van der Waals surface area (Å²) in [4.78, 5) is 13.6. The molecule has 1 aliphatic rings. The Labute approximate surface area is 85.1 Å². The van der Waals surface area contributed by atoms with Gasteiger partial charge in [-0.2, -0.15) is 0 Å². The Kier molecular flexibility index (Phi) is 3.42. The number of likely N-dealkylation sites (N-methyl/N-ethyl adjacent to an activating group) is 1. The van der Waals surface area contributed by atoms with Crippen molar-refractivity contribution < 1.29 is 4.79 Å². The van der Waals surface area contributed by atoms with E-state index in [2.05, 4.69) is 11.9 Å². The molecule has 0 radical (unpaired) electrons. The van der Waals surface area contributed by atoms with Crippen molar-refractivity contribution in [2.75, 3.05) is 20.1 Å². The average Bonchev–Trinajstić information content (AvgIpc) is 2.21. The first-order valence-electron chi connectivity index (χ1n) is 4.96. The Bertz CT molecular complexity index is 242. The van der Waals surface area contributed by atoms with E-state index in [-0.39, 0.29) is 11.8 Å². The minimum atomic E-state index is -0.580. The summed E-state index contributed by atoms with van der Waals surface area (Å²) in [5.41, 5.74) is 5.64. The lowest BCUT2D eigenvalue weighted by atomic mass is 9.90. The van der Waals surface area contributed by atoms with Gasteiger partial charge in [0.05, 0.1) is 5.66 Å². The van der Waals surface area contributed by atoms with E-state index in [4.69, 9.17) is 5.73 Å². The van der Waals surface area contributed by atoms with Crippen molar-refractivity contribution in [3.8, 4) is 0 Å². The van der Waals surface area contributed by atoms with Crippen LogP contribution in [-0.4, -0.2) is 42.5 Å². The lowest BCUT2D eigenvalue weighted by Gasteiger charge is -2.47. The summed E-state index contributed by atoms with van der Waals surface area (Å²) >= 11 is 0. The zero-order valence-corrected chi connectivity index (χ0v) is 8.92. The molecular weight excluding hydrogens is 178 g/mol. The smallest absolute Gasteiger partial charge is 0.175 e. The van der Waals surface area contributed by atoms with Gasteiger partial charge >= 0.3 is 0 Å². The van der Waals surface area contributed by atoms with E-state index < -0.39 is 5.66 Å². The van der Waals surface area contributed by atoms with Crippen molar-refractivity contribution in [3.05, 3.63) is 12.7 Å². The van der Waals surface area contributed by atoms with Crippen LogP contribution in [0.4, 0.5) is 0 Å². The molecule has 0 amide bonds. The number of ketones is 1. The molecule has 1 heterocycles. The molecule has 0 saturated carbocycles. The molecule has 0 aromatic carbocycles. The molecule has 1 rings (SSSR count). The number of rotatable bonds is 3. The van der Waals surface area contributed by atoms with E-state index in [1.165, 1.54) is 6.08 Å². The number of nitrogens with two attached hydrogens (primary N) is 1. The topological polar surface area (TPSA) is 58.4 Å². The molecule has 0 aromatic rings. The predicted molar refractivity (Wildman–Crippen MR) is 56.8 cm³/mol. The lowest BCUT2D eigenvalue weighted by Crippen LogP contribution is -2.72. The highest BCUT2D eigenvalue weighted by atomic mass is 16.1. The summed E-state index contributed by atoms with van der Waals surface area (Å²) in [5, 5.41) is 3.15. The molecular formula is C10H19N3O. The molecule has 1 saturated heterocycles. The van der Waals surface area contributed by atoms with Crippen molar-refractivity contribution in [2.24, 2.45) is 5.73 Å². The minimum absolute atomic E-state index is 0.0269. The number of piperazine rings is 1. The number of hydrogen-bond donors (Lipinski definition) is 2. The van der Waals surface area contributed by atoms with Crippen molar-refractivity contribution in [1.82, 2.24) is 10.2 Å². The van der Waals surface area contributed by atoms with Crippen molar-refractivity contribution in [1.29, 1.82) is 0 Å². The Balaban J connectivity index is 2.90. The molecule has 0 bridgehead atoms. The van der Waals surface area contributed by atoms with Crippen LogP contribution in [0.3, 0.4) is 0 Å². The fraction of sp³-hybridized carbons (Fsp3) is 0.700. The molecule has 0 aliphatic carbocycles. The SMILES string of the molecule is C=CC(=O)C1NCCN(C)C1(N)CC. The van der Waals surface area contributed by atoms with Crippen LogP contribution >= 0.6 is 0 Å². The normalized spacial score (nSPS) is 34.1. The number of nitrogens with zero attached hydrogens (tertiary/aromatic N) is 1. The number of hydrogen-bond acceptors (Lipinski definition) is 4. The second kappa shape index (κ2) is 4.21. The summed E-state index contributed by atoms with van der Waals surface area (Å²) in [7, 11) is 1.95. The number of carbonyl (C=O) groups is 1. The monoisotopic (exact) mass is 197 g/mol. The van der Waals surface area contributed by atoms with Gasteiger partial charge in [-0.3, -0.25) is 9.69 Å². The molecule has 80 valence electrons. The standard InChI is InChI=1S/C10H19N3O/c1-4-8(14)9-10(11,5-2)13(3)7-6-12-9/h4,9,12H,1,5-7,11H2,2-3H3. The summed E-state index contributed by atoms with van der Waals surface area (Å²) in [6.07, 6.45) is 2.08. The van der Waals surface area contributed by atoms with Crippen molar-refractivity contribution in [3.63, 3.8) is 0 Å². The van der Waals surface area contributed by atoms with Gasteiger partial charge in [0.25, 0.3) is 0 Å². The van der Waals surface area contributed by atoms with E-state index in [0.29, 0.717) is 0 Å². The zero-order valence-electron chi connectivity index (χ0n) is 8.92. The Morgan fingerprint density at radius 3 is 3.00 bits per heavy atom. The maximum Gasteiger partial charge on any atom is 0.175 e. The van der Waals surface area contributed by atoms with Crippen LogP contribution < -0.4 is 11.1 Å². The number of carbonyl (C=O) groups excluding carboxylic acids is 1. The highest BCUT2D eigenvalue weighted by Gasteiger charge is 2.42. The fourth-order valence-electron chi connectivity index (χ4n) is 1.92. The lowest BCUT2D eigenvalue weighted by molar-refractivity contribution is -0.122. The van der Waals surface area contributed by atoms with E-state index in [1.54, 1.807) is 0 Å². The van der Waals surface area contributed by atoms with Gasteiger partial charge in [-0.15, -0.1) is 0 Å². The largest absolute Gasteiger partial charge is 0.311 e. The summed E-state index contributed by atoms with van der Waals surface area (Å²) in [6, 6.07) is -0.330. The van der Waals surface area contributed by atoms with E-state index in [9.17, 15) is 4.79 Å². The third-order valence-corrected chi connectivity index (χ3v) is 3.06.